The quantitative estimate of drug-likeness (QED) is 0.864. The zero-order valence-corrected chi connectivity index (χ0v) is 12.6. The molecule has 0 fully saturated rings. The van der Waals surface area contributed by atoms with Crippen LogP contribution in [0.15, 0.2) is 40.2 Å². The van der Waals surface area contributed by atoms with Crippen molar-refractivity contribution in [3.8, 4) is 0 Å². The minimum atomic E-state index is -3.93. The second-order valence-electron chi connectivity index (χ2n) is 3.98. The SMILES string of the molecule is Cn1cnc(S(=O)(=O)Nc2cc(Br)ccc2C(=O)O)c1. The summed E-state index contributed by atoms with van der Waals surface area (Å²) in [6, 6.07) is 4.20. The second kappa shape index (κ2) is 5.25. The molecule has 2 aromatic rings. The average Bonchev–Trinajstić information content (AvgIpc) is 2.75. The highest BCUT2D eigenvalue weighted by atomic mass is 79.9. The Morgan fingerprint density at radius 1 is 1.45 bits per heavy atom. The lowest BCUT2D eigenvalue weighted by molar-refractivity contribution is 0.0698. The van der Waals surface area contributed by atoms with E-state index >= 15 is 0 Å². The molecule has 0 saturated heterocycles. The molecule has 1 aromatic carbocycles. The number of aromatic nitrogens is 2. The highest BCUT2D eigenvalue weighted by Gasteiger charge is 2.20. The van der Waals surface area contributed by atoms with Gasteiger partial charge in [0, 0.05) is 17.7 Å². The summed E-state index contributed by atoms with van der Waals surface area (Å²) in [4.78, 5) is 14.8. The number of rotatable bonds is 4. The third-order valence-electron chi connectivity index (χ3n) is 2.41. The lowest BCUT2D eigenvalue weighted by atomic mass is 10.2. The van der Waals surface area contributed by atoms with Crippen molar-refractivity contribution in [1.29, 1.82) is 0 Å². The van der Waals surface area contributed by atoms with E-state index in [9.17, 15) is 13.2 Å². The molecule has 0 aliphatic rings. The molecule has 0 bridgehead atoms. The molecule has 0 atom stereocenters. The zero-order valence-electron chi connectivity index (χ0n) is 10.2. The minimum absolute atomic E-state index is 0.0301. The number of imidazole rings is 1. The molecule has 106 valence electrons. The molecule has 2 rings (SSSR count). The second-order valence-corrected chi connectivity index (χ2v) is 6.52. The van der Waals surface area contributed by atoms with Crippen LogP contribution >= 0.6 is 15.9 Å². The van der Waals surface area contributed by atoms with Crippen LogP contribution in [0, 0.1) is 0 Å². The number of carboxylic acid groups (broad SMARTS) is 1. The van der Waals surface area contributed by atoms with E-state index in [1.807, 2.05) is 0 Å². The van der Waals surface area contributed by atoms with Crippen molar-refractivity contribution in [1.82, 2.24) is 9.55 Å². The molecule has 0 radical (unpaired) electrons. The van der Waals surface area contributed by atoms with Crippen molar-refractivity contribution in [2.45, 2.75) is 5.03 Å². The van der Waals surface area contributed by atoms with Crippen molar-refractivity contribution in [3.63, 3.8) is 0 Å². The van der Waals surface area contributed by atoms with Gasteiger partial charge in [-0.25, -0.2) is 9.78 Å². The fourth-order valence-corrected chi connectivity index (χ4v) is 2.93. The van der Waals surface area contributed by atoms with E-state index < -0.39 is 16.0 Å². The van der Waals surface area contributed by atoms with Crippen LogP contribution in [0.25, 0.3) is 0 Å². The fraction of sp³-hybridized carbons (Fsp3) is 0.0909. The first-order valence-electron chi connectivity index (χ1n) is 5.33. The minimum Gasteiger partial charge on any atom is -0.478 e. The summed E-state index contributed by atoms with van der Waals surface area (Å²) in [5.41, 5.74) is -0.176. The molecule has 0 aliphatic heterocycles. The van der Waals surface area contributed by atoms with Crippen molar-refractivity contribution in [2.24, 2.45) is 7.05 Å². The van der Waals surface area contributed by atoms with E-state index in [0.717, 1.165) is 0 Å². The third kappa shape index (κ3) is 2.99. The van der Waals surface area contributed by atoms with Gasteiger partial charge in [-0.05, 0) is 18.2 Å². The molecular weight excluding hydrogens is 350 g/mol. The summed E-state index contributed by atoms with van der Waals surface area (Å²) in [6.45, 7) is 0. The number of benzene rings is 1. The number of hydrogen-bond donors (Lipinski definition) is 2. The maximum Gasteiger partial charge on any atom is 0.337 e. The van der Waals surface area contributed by atoms with Crippen molar-refractivity contribution in [3.05, 3.63) is 40.8 Å². The van der Waals surface area contributed by atoms with E-state index in [-0.39, 0.29) is 16.3 Å². The zero-order chi connectivity index (χ0) is 14.9. The largest absolute Gasteiger partial charge is 0.478 e. The number of sulfonamides is 1. The molecule has 2 N–H and O–H groups in total. The maximum absolute atomic E-state index is 12.1. The summed E-state index contributed by atoms with van der Waals surface area (Å²) in [5, 5.41) is 8.87. The van der Waals surface area contributed by atoms with Gasteiger partial charge < -0.3 is 9.67 Å². The maximum atomic E-state index is 12.1. The number of halogens is 1. The number of carbonyl (C=O) groups is 1. The standard InChI is InChI=1S/C11H10BrN3O4S/c1-15-5-10(13-6-15)20(18,19)14-9-4-7(12)2-3-8(9)11(16)17/h2-6,14H,1H3,(H,16,17). The number of aryl methyl sites for hydroxylation is 1. The van der Waals surface area contributed by atoms with Crippen molar-refractivity contribution < 1.29 is 18.3 Å². The average molecular weight is 360 g/mol. The van der Waals surface area contributed by atoms with Gasteiger partial charge in [0.1, 0.15) is 0 Å². The summed E-state index contributed by atoms with van der Waals surface area (Å²) in [6.07, 6.45) is 2.66. The van der Waals surface area contributed by atoms with Gasteiger partial charge in [0.2, 0.25) is 0 Å². The topological polar surface area (TPSA) is 101 Å². The van der Waals surface area contributed by atoms with E-state index in [4.69, 9.17) is 5.11 Å². The lowest BCUT2D eigenvalue weighted by Gasteiger charge is -2.09. The Hall–Kier alpha value is -1.87. The van der Waals surface area contributed by atoms with E-state index in [2.05, 4.69) is 25.6 Å². The fourth-order valence-electron chi connectivity index (χ4n) is 1.51. The van der Waals surface area contributed by atoms with Gasteiger partial charge in [0.05, 0.1) is 17.6 Å². The molecule has 0 saturated carbocycles. The lowest BCUT2D eigenvalue weighted by Crippen LogP contribution is -2.16. The molecule has 0 spiro atoms. The highest BCUT2D eigenvalue weighted by molar-refractivity contribution is 9.10. The van der Waals surface area contributed by atoms with Crippen LogP contribution in [0.1, 0.15) is 10.4 Å². The Morgan fingerprint density at radius 3 is 2.70 bits per heavy atom. The van der Waals surface area contributed by atoms with E-state index in [1.54, 1.807) is 7.05 Å². The van der Waals surface area contributed by atoms with E-state index in [0.29, 0.717) is 4.47 Å². The molecule has 9 heteroatoms. The van der Waals surface area contributed by atoms with Crippen LogP contribution in [0.5, 0.6) is 0 Å². The number of hydrogen-bond acceptors (Lipinski definition) is 4. The monoisotopic (exact) mass is 359 g/mol. The Balaban J connectivity index is 2.44. The van der Waals surface area contributed by atoms with Gasteiger partial charge in [-0.1, -0.05) is 15.9 Å². The van der Waals surface area contributed by atoms with Crippen molar-refractivity contribution in [2.75, 3.05) is 4.72 Å². The van der Waals surface area contributed by atoms with Gasteiger partial charge in [-0.15, -0.1) is 0 Å². The molecule has 20 heavy (non-hydrogen) atoms. The Bertz CT molecular complexity index is 770. The Labute approximate surface area is 123 Å². The Morgan fingerprint density at radius 2 is 2.15 bits per heavy atom. The van der Waals surface area contributed by atoms with Crippen LogP contribution in [-0.4, -0.2) is 29.0 Å². The van der Waals surface area contributed by atoms with Gasteiger partial charge in [0.15, 0.2) is 5.03 Å². The molecule has 0 aliphatic carbocycles. The third-order valence-corrected chi connectivity index (χ3v) is 4.16. The number of nitrogens with one attached hydrogen (secondary N) is 1. The first-order chi connectivity index (χ1) is 9.29. The highest BCUT2D eigenvalue weighted by Crippen LogP contribution is 2.24. The van der Waals surface area contributed by atoms with Crippen molar-refractivity contribution >= 4 is 37.6 Å². The summed E-state index contributed by atoms with van der Waals surface area (Å²) < 4.78 is 28.5. The molecule has 0 unspecified atom stereocenters. The molecule has 0 amide bonds. The summed E-state index contributed by atoms with van der Waals surface area (Å²) in [5.74, 6) is -1.23. The summed E-state index contributed by atoms with van der Waals surface area (Å²) >= 11 is 3.17. The number of nitrogens with zero attached hydrogens (tertiary/aromatic N) is 2. The molecular formula is C11H10BrN3O4S. The van der Waals surface area contributed by atoms with Gasteiger partial charge in [-0.3, -0.25) is 4.72 Å². The first kappa shape index (κ1) is 14.5. The molecule has 1 heterocycles. The molecule has 7 nitrogen and oxygen atoms in total. The Kier molecular flexibility index (Phi) is 3.82. The van der Waals surface area contributed by atoms with Crippen LogP contribution in [0.4, 0.5) is 5.69 Å². The predicted octanol–water partition coefficient (Wildman–Crippen LogP) is 1.68. The van der Waals surface area contributed by atoms with Crippen LogP contribution in [0.3, 0.4) is 0 Å². The smallest absolute Gasteiger partial charge is 0.337 e. The van der Waals surface area contributed by atoms with Crippen LogP contribution in [-0.2, 0) is 17.1 Å². The number of anilines is 1. The number of carboxylic acids is 1. The van der Waals surface area contributed by atoms with Gasteiger partial charge in [-0.2, -0.15) is 8.42 Å². The normalized spacial score (nSPS) is 11.3. The molecule has 1 aromatic heterocycles. The predicted molar refractivity (Wildman–Crippen MR) is 75.1 cm³/mol. The van der Waals surface area contributed by atoms with Gasteiger partial charge >= 0.3 is 5.97 Å². The summed E-state index contributed by atoms with van der Waals surface area (Å²) in [7, 11) is -2.30. The first-order valence-corrected chi connectivity index (χ1v) is 7.61. The number of aromatic carboxylic acids is 1. The van der Waals surface area contributed by atoms with Gasteiger partial charge in [0.25, 0.3) is 10.0 Å². The van der Waals surface area contributed by atoms with Crippen LogP contribution < -0.4 is 4.72 Å². The van der Waals surface area contributed by atoms with Crippen LogP contribution in [0.2, 0.25) is 0 Å². The van der Waals surface area contributed by atoms with E-state index in [1.165, 1.54) is 35.3 Å².